The van der Waals surface area contributed by atoms with Gasteiger partial charge in [-0.2, -0.15) is 4.68 Å². The van der Waals surface area contributed by atoms with E-state index in [2.05, 4.69) is 27.8 Å². The van der Waals surface area contributed by atoms with E-state index in [0.717, 1.165) is 24.8 Å². The van der Waals surface area contributed by atoms with Gasteiger partial charge < -0.3 is 10.1 Å². The van der Waals surface area contributed by atoms with E-state index in [4.69, 9.17) is 4.74 Å². The Hall–Kier alpha value is -2.74. The minimum Gasteiger partial charge on any atom is -0.494 e. The third kappa shape index (κ3) is 3.32. The van der Waals surface area contributed by atoms with Crippen LogP contribution < -0.4 is 10.1 Å². The van der Waals surface area contributed by atoms with Crippen LogP contribution in [0.5, 0.6) is 5.75 Å². The van der Waals surface area contributed by atoms with Gasteiger partial charge in [0, 0.05) is 15.9 Å². The Morgan fingerprint density at radius 1 is 1.41 bits per heavy atom. The van der Waals surface area contributed by atoms with Crippen molar-refractivity contribution in [3.63, 3.8) is 0 Å². The smallest absolute Gasteiger partial charge is 0.256 e. The number of methoxy groups -OCH3 is 1. The maximum absolute atomic E-state index is 12.9. The molecule has 1 amide bonds. The Morgan fingerprint density at radius 3 is 3.00 bits per heavy atom. The van der Waals surface area contributed by atoms with Gasteiger partial charge in [0.25, 0.3) is 5.91 Å². The van der Waals surface area contributed by atoms with Gasteiger partial charge in [-0.25, -0.2) is 0 Å². The van der Waals surface area contributed by atoms with Gasteiger partial charge in [-0.05, 0) is 66.3 Å². The maximum atomic E-state index is 12.9. The molecule has 0 fully saturated rings. The van der Waals surface area contributed by atoms with Crippen molar-refractivity contribution in [3.8, 4) is 11.4 Å². The monoisotopic (exact) mass is 383 g/mol. The fourth-order valence-corrected chi connectivity index (χ4v) is 4.70. The lowest BCUT2D eigenvalue weighted by molar-refractivity contribution is 0.102. The summed E-state index contributed by atoms with van der Waals surface area (Å²) in [6, 6.07) is 5.44. The predicted octanol–water partition coefficient (Wildman–Crippen LogP) is 3.42. The molecule has 1 aliphatic carbocycles. The molecule has 27 heavy (non-hydrogen) atoms. The minimum atomic E-state index is -0.0772. The van der Waals surface area contributed by atoms with Crippen LogP contribution >= 0.6 is 11.3 Å². The number of rotatable bonds is 4. The molecule has 7 nitrogen and oxygen atoms in total. The van der Waals surface area contributed by atoms with Gasteiger partial charge in [0.2, 0.25) is 0 Å². The molecule has 4 rings (SSSR count). The number of thiophene rings is 1. The van der Waals surface area contributed by atoms with Gasteiger partial charge in [0.05, 0.1) is 12.7 Å². The van der Waals surface area contributed by atoms with E-state index < -0.39 is 0 Å². The summed E-state index contributed by atoms with van der Waals surface area (Å²) in [5.41, 5.74) is 3.35. The van der Waals surface area contributed by atoms with E-state index in [1.165, 1.54) is 10.4 Å². The summed E-state index contributed by atoms with van der Waals surface area (Å²) in [6.45, 7) is 4.08. The number of amides is 1. The molecule has 1 aliphatic rings. The molecule has 8 heteroatoms. The summed E-state index contributed by atoms with van der Waals surface area (Å²) in [7, 11) is 1.59. The van der Waals surface area contributed by atoms with Gasteiger partial charge in [-0.1, -0.05) is 6.92 Å². The molecule has 1 unspecified atom stereocenters. The second-order valence-electron chi connectivity index (χ2n) is 6.88. The molecule has 1 aromatic carbocycles. The van der Waals surface area contributed by atoms with E-state index in [-0.39, 0.29) is 5.91 Å². The molecule has 0 bridgehead atoms. The molecular formula is C19H21N5O2S. The number of hydrogen-bond acceptors (Lipinski definition) is 6. The molecule has 1 N–H and O–H groups in total. The highest BCUT2D eigenvalue weighted by atomic mass is 32.1. The van der Waals surface area contributed by atoms with Crippen molar-refractivity contribution < 1.29 is 9.53 Å². The molecule has 0 spiro atoms. The summed E-state index contributed by atoms with van der Waals surface area (Å²) < 4.78 is 7.00. The fraction of sp³-hybridized carbons (Fsp3) is 0.368. The van der Waals surface area contributed by atoms with Gasteiger partial charge in [-0.15, -0.1) is 16.4 Å². The number of anilines is 1. The topological polar surface area (TPSA) is 81.9 Å². The molecule has 1 atom stereocenters. The molecule has 0 aliphatic heterocycles. The predicted molar refractivity (Wildman–Crippen MR) is 104 cm³/mol. The SMILES string of the molecule is COc1ccc(NC(=O)c2csc3c2CCC(C)C3)cc1-n1nnnc1C. The zero-order valence-corrected chi connectivity index (χ0v) is 16.3. The van der Waals surface area contributed by atoms with Gasteiger partial charge >= 0.3 is 0 Å². The van der Waals surface area contributed by atoms with Crippen LogP contribution in [0.1, 0.15) is 40.0 Å². The quantitative estimate of drug-likeness (QED) is 0.746. The Kier molecular flexibility index (Phi) is 4.65. The summed E-state index contributed by atoms with van der Waals surface area (Å²) in [5.74, 6) is 1.88. The number of ether oxygens (including phenoxy) is 1. The highest BCUT2D eigenvalue weighted by Crippen LogP contribution is 2.33. The van der Waals surface area contributed by atoms with Crippen LogP contribution in [0.25, 0.3) is 5.69 Å². The lowest BCUT2D eigenvalue weighted by Gasteiger charge is -2.19. The minimum absolute atomic E-state index is 0.0772. The normalized spacial score (nSPS) is 16.0. The van der Waals surface area contributed by atoms with Crippen molar-refractivity contribution in [1.29, 1.82) is 0 Å². The Bertz CT molecular complexity index is 994. The van der Waals surface area contributed by atoms with Crippen molar-refractivity contribution in [3.05, 3.63) is 45.4 Å². The van der Waals surface area contributed by atoms with Crippen LogP contribution in [-0.2, 0) is 12.8 Å². The number of aromatic nitrogens is 4. The third-order valence-electron chi connectivity index (χ3n) is 4.94. The van der Waals surface area contributed by atoms with Crippen molar-refractivity contribution >= 4 is 22.9 Å². The van der Waals surface area contributed by atoms with Crippen LogP contribution in [0.4, 0.5) is 5.69 Å². The molecule has 3 aromatic rings. The largest absolute Gasteiger partial charge is 0.494 e. The summed E-state index contributed by atoms with van der Waals surface area (Å²) in [6.07, 6.45) is 3.17. The molecular weight excluding hydrogens is 362 g/mol. The van der Waals surface area contributed by atoms with E-state index in [1.807, 2.05) is 24.4 Å². The van der Waals surface area contributed by atoms with E-state index >= 15 is 0 Å². The first-order chi connectivity index (χ1) is 13.1. The molecule has 2 aromatic heterocycles. The van der Waals surface area contributed by atoms with Crippen LogP contribution in [0.2, 0.25) is 0 Å². The van der Waals surface area contributed by atoms with Crippen LogP contribution in [0.3, 0.4) is 0 Å². The van der Waals surface area contributed by atoms with Crippen molar-refractivity contribution in [1.82, 2.24) is 20.2 Å². The lowest BCUT2D eigenvalue weighted by atomic mass is 9.88. The van der Waals surface area contributed by atoms with Gasteiger partial charge in [-0.3, -0.25) is 4.79 Å². The van der Waals surface area contributed by atoms with Crippen LogP contribution in [0, 0.1) is 12.8 Å². The number of aryl methyl sites for hydroxylation is 1. The number of carbonyl (C=O) groups excluding carboxylic acids is 1. The van der Waals surface area contributed by atoms with Crippen molar-refractivity contribution in [2.75, 3.05) is 12.4 Å². The number of nitrogens with zero attached hydrogens (tertiary/aromatic N) is 4. The van der Waals surface area contributed by atoms with Crippen LogP contribution in [-0.4, -0.2) is 33.2 Å². The van der Waals surface area contributed by atoms with Gasteiger partial charge in [0.1, 0.15) is 11.4 Å². The number of tetrazole rings is 1. The van der Waals surface area contributed by atoms with Gasteiger partial charge in [0.15, 0.2) is 5.82 Å². The number of fused-ring (bicyclic) bond motifs is 1. The number of benzene rings is 1. The van der Waals surface area contributed by atoms with E-state index in [0.29, 0.717) is 28.9 Å². The highest BCUT2D eigenvalue weighted by Gasteiger charge is 2.23. The Morgan fingerprint density at radius 2 is 2.26 bits per heavy atom. The number of hydrogen-bond donors (Lipinski definition) is 1. The third-order valence-corrected chi connectivity index (χ3v) is 5.99. The van der Waals surface area contributed by atoms with E-state index in [9.17, 15) is 4.79 Å². The zero-order chi connectivity index (χ0) is 19.0. The Labute approximate surface area is 161 Å². The molecule has 2 heterocycles. The fourth-order valence-electron chi connectivity index (χ4n) is 3.45. The second-order valence-corrected chi connectivity index (χ2v) is 7.84. The standard InChI is InChI=1S/C19H21N5O2S/c1-11-4-6-14-15(10-27-18(14)8-11)19(25)20-13-5-7-17(26-3)16(9-13)24-12(2)21-22-23-24/h5,7,9-11H,4,6,8H2,1-3H3,(H,20,25). The average Bonchev–Trinajstić information content (AvgIpc) is 3.27. The molecule has 0 saturated carbocycles. The summed E-state index contributed by atoms with van der Waals surface area (Å²) >= 11 is 1.69. The number of carbonyl (C=O) groups is 1. The highest BCUT2D eigenvalue weighted by molar-refractivity contribution is 7.10. The lowest BCUT2D eigenvalue weighted by Crippen LogP contribution is -2.16. The first kappa shape index (κ1) is 17.7. The average molecular weight is 383 g/mol. The van der Waals surface area contributed by atoms with Crippen LogP contribution in [0.15, 0.2) is 23.6 Å². The summed E-state index contributed by atoms with van der Waals surface area (Å²) in [4.78, 5) is 14.2. The van der Waals surface area contributed by atoms with E-state index in [1.54, 1.807) is 29.2 Å². The molecule has 0 saturated heterocycles. The van der Waals surface area contributed by atoms with Crippen molar-refractivity contribution in [2.24, 2.45) is 5.92 Å². The zero-order valence-electron chi connectivity index (χ0n) is 15.5. The first-order valence-corrected chi connectivity index (χ1v) is 9.78. The maximum Gasteiger partial charge on any atom is 0.256 e. The second kappa shape index (κ2) is 7.11. The molecule has 140 valence electrons. The van der Waals surface area contributed by atoms with Crippen molar-refractivity contribution in [2.45, 2.75) is 33.1 Å². The first-order valence-electron chi connectivity index (χ1n) is 8.90. The Balaban J connectivity index is 1.62. The number of nitrogens with one attached hydrogen (secondary N) is 1. The molecule has 0 radical (unpaired) electrons. The summed E-state index contributed by atoms with van der Waals surface area (Å²) in [5, 5.41) is 16.6.